The Bertz CT molecular complexity index is 420. The quantitative estimate of drug-likeness (QED) is 0.753. The van der Waals surface area contributed by atoms with Gasteiger partial charge in [0.1, 0.15) is 5.75 Å². The van der Waals surface area contributed by atoms with Gasteiger partial charge in [0.05, 0.1) is 6.61 Å². The summed E-state index contributed by atoms with van der Waals surface area (Å²) in [6.45, 7) is 1.43. The van der Waals surface area contributed by atoms with Crippen LogP contribution in [0, 0.1) is 0 Å². The van der Waals surface area contributed by atoms with Crippen LogP contribution in [0.2, 0.25) is 0 Å². The van der Waals surface area contributed by atoms with Gasteiger partial charge in [0.2, 0.25) is 0 Å². The molecule has 0 saturated heterocycles. The average Bonchev–Trinajstić information content (AvgIpc) is 2.61. The Morgan fingerprint density at radius 2 is 2.29 bits per heavy atom. The molecule has 0 aromatic heterocycles. The van der Waals surface area contributed by atoms with Crippen LogP contribution >= 0.6 is 11.8 Å². The number of carbonyl (C=O) groups excluding carboxylic acids is 1. The minimum atomic E-state index is 0.105. The van der Waals surface area contributed by atoms with Gasteiger partial charge in [-0.15, -0.1) is 0 Å². The number of benzene rings is 1. The molecule has 1 aliphatic heterocycles. The molecule has 0 unspecified atom stereocenters. The van der Waals surface area contributed by atoms with Crippen molar-refractivity contribution >= 4 is 17.7 Å². The molecule has 0 bridgehead atoms. The second kappa shape index (κ2) is 5.45. The third-order valence-electron chi connectivity index (χ3n) is 2.82. The molecule has 0 aliphatic carbocycles. The predicted octanol–water partition coefficient (Wildman–Crippen LogP) is 2.40. The molecule has 0 saturated carbocycles. The first kappa shape index (κ1) is 12.3. The molecular weight excluding hydrogens is 234 g/mol. The minimum absolute atomic E-state index is 0.105. The van der Waals surface area contributed by atoms with E-state index < -0.39 is 0 Å². The smallest absolute Gasteiger partial charge is 0.254 e. The van der Waals surface area contributed by atoms with E-state index in [9.17, 15) is 4.79 Å². The van der Waals surface area contributed by atoms with Crippen LogP contribution in [-0.2, 0) is 6.54 Å². The summed E-state index contributed by atoms with van der Waals surface area (Å²) in [5.74, 6) is 2.09. The summed E-state index contributed by atoms with van der Waals surface area (Å²) in [5.41, 5.74) is 1.88. The zero-order valence-corrected chi connectivity index (χ0v) is 11.0. The van der Waals surface area contributed by atoms with Gasteiger partial charge in [-0.1, -0.05) is 0 Å². The van der Waals surface area contributed by atoms with Crippen LogP contribution in [0.3, 0.4) is 0 Å². The van der Waals surface area contributed by atoms with Gasteiger partial charge >= 0.3 is 0 Å². The normalized spacial score (nSPS) is 14.0. The van der Waals surface area contributed by atoms with E-state index >= 15 is 0 Å². The Morgan fingerprint density at radius 3 is 3.06 bits per heavy atom. The van der Waals surface area contributed by atoms with Crippen LogP contribution in [0.15, 0.2) is 18.2 Å². The summed E-state index contributed by atoms with van der Waals surface area (Å²) in [7, 11) is 1.82. The monoisotopic (exact) mass is 251 g/mol. The standard InChI is InChI=1S/C13H17NO2S/c1-14-9-10-8-11(16-6-3-7-17-2)4-5-12(10)13(14)15/h4-5,8H,3,6-7,9H2,1-2H3. The van der Waals surface area contributed by atoms with Crippen molar-refractivity contribution in [3.63, 3.8) is 0 Å². The summed E-state index contributed by atoms with van der Waals surface area (Å²) in [6, 6.07) is 5.73. The lowest BCUT2D eigenvalue weighted by Crippen LogP contribution is -2.17. The highest BCUT2D eigenvalue weighted by Crippen LogP contribution is 2.25. The fourth-order valence-electron chi connectivity index (χ4n) is 1.93. The summed E-state index contributed by atoms with van der Waals surface area (Å²) in [4.78, 5) is 13.4. The summed E-state index contributed by atoms with van der Waals surface area (Å²) < 4.78 is 5.66. The first-order chi connectivity index (χ1) is 8.22. The number of amides is 1. The summed E-state index contributed by atoms with van der Waals surface area (Å²) >= 11 is 1.83. The van der Waals surface area contributed by atoms with Crippen molar-refractivity contribution in [3.05, 3.63) is 29.3 Å². The van der Waals surface area contributed by atoms with Crippen LogP contribution < -0.4 is 4.74 Å². The van der Waals surface area contributed by atoms with Gasteiger partial charge in [0.25, 0.3) is 5.91 Å². The lowest BCUT2D eigenvalue weighted by Gasteiger charge is -2.06. The van der Waals surface area contributed by atoms with Gasteiger partial charge in [0, 0.05) is 19.2 Å². The summed E-state index contributed by atoms with van der Waals surface area (Å²) in [6.07, 6.45) is 3.15. The van der Waals surface area contributed by atoms with Crippen molar-refractivity contribution in [2.24, 2.45) is 0 Å². The maximum absolute atomic E-state index is 11.7. The van der Waals surface area contributed by atoms with Gasteiger partial charge in [-0.2, -0.15) is 11.8 Å². The lowest BCUT2D eigenvalue weighted by atomic mass is 10.1. The van der Waals surface area contributed by atoms with Gasteiger partial charge in [-0.3, -0.25) is 4.79 Å². The van der Waals surface area contributed by atoms with Crippen LogP contribution in [0.25, 0.3) is 0 Å². The van der Waals surface area contributed by atoms with Crippen LogP contribution in [0.4, 0.5) is 0 Å². The Labute approximate surface area is 106 Å². The summed E-state index contributed by atoms with van der Waals surface area (Å²) in [5, 5.41) is 0. The SMILES string of the molecule is CSCCCOc1ccc2c(c1)CN(C)C2=O. The molecule has 0 spiro atoms. The fourth-order valence-corrected chi connectivity index (χ4v) is 2.33. The number of rotatable bonds is 5. The molecule has 1 amide bonds. The number of hydrogen-bond donors (Lipinski definition) is 0. The third kappa shape index (κ3) is 2.75. The van der Waals surface area contributed by atoms with Crippen molar-refractivity contribution in [2.45, 2.75) is 13.0 Å². The second-order valence-electron chi connectivity index (χ2n) is 4.17. The molecule has 0 fully saturated rings. The Kier molecular flexibility index (Phi) is 3.94. The van der Waals surface area contributed by atoms with Crippen molar-refractivity contribution < 1.29 is 9.53 Å². The average molecular weight is 251 g/mol. The molecule has 1 heterocycles. The Morgan fingerprint density at radius 1 is 1.47 bits per heavy atom. The maximum Gasteiger partial charge on any atom is 0.254 e. The van der Waals surface area contributed by atoms with Crippen molar-refractivity contribution in [1.29, 1.82) is 0 Å². The highest BCUT2D eigenvalue weighted by molar-refractivity contribution is 7.98. The van der Waals surface area contributed by atoms with Gasteiger partial charge in [-0.25, -0.2) is 0 Å². The topological polar surface area (TPSA) is 29.5 Å². The van der Waals surface area contributed by atoms with Crippen LogP contribution in [0.5, 0.6) is 5.75 Å². The van der Waals surface area contributed by atoms with E-state index in [0.29, 0.717) is 6.54 Å². The molecule has 1 aromatic rings. The third-order valence-corrected chi connectivity index (χ3v) is 3.52. The number of ether oxygens (including phenoxy) is 1. The first-order valence-corrected chi connectivity index (χ1v) is 7.12. The van der Waals surface area contributed by atoms with E-state index in [-0.39, 0.29) is 5.91 Å². The molecule has 2 rings (SSSR count). The minimum Gasteiger partial charge on any atom is -0.494 e. The zero-order valence-electron chi connectivity index (χ0n) is 10.2. The predicted molar refractivity (Wildman–Crippen MR) is 70.7 cm³/mol. The van der Waals surface area contributed by atoms with Crippen molar-refractivity contribution in [3.8, 4) is 5.75 Å². The van der Waals surface area contributed by atoms with E-state index in [4.69, 9.17) is 4.74 Å². The molecule has 0 N–H and O–H groups in total. The van der Waals surface area contributed by atoms with E-state index in [2.05, 4.69) is 6.26 Å². The second-order valence-corrected chi connectivity index (χ2v) is 5.16. The maximum atomic E-state index is 11.7. The van der Waals surface area contributed by atoms with E-state index in [1.165, 1.54) is 0 Å². The molecule has 92 valence electrons. The highest BCUT2D eigenvalue weighted by Gasteiger charge is 2.24. The van der Waals surface area contributed by atoms with Gasteiger partial charge < -0.3 is 9.64 Å². The Hall–Kier alpha value is -1.16. The molecule has 1 aromatic carbocycles. The zero-order chi connectivity index (χ0) is 12.3. The highest BCUT2D eigenvalue weighted by atomic mass is 32.2. The van der Waals surface area contributed by atoms with E-state index in [0.717, 1.165) is 35.7 Å². The van der Waals surface area contributed by atoms with Gasteiger partial charge in [0.15, 0.2) is 0 Å². The number of thioether (sulfide) groups is 1. The lowest BCUT2D eigenvalue weighted by molar-refractivity contribution is 0.0816. The molecule has 0 radical (unpaired) electrons. The van der Waals surface area contributed by atoms with Crippen molar-refractivity contribution in [2.75, 3.05) is 25.7 Å². The molecule has 1 aliphatic rings. The van der Waals surface area contributed by atoms with Gasteiger partial charge in [-0.05, 0) is 42.2 Å². The van der Waals surface area contributed by atoms with E-state index in [1.807, 2.05) is 37.0 Å². The Balaban J connectivity index is 1.98. The fraction of sp³-hybridized carbons (Fsp3) is 0.462. The molecule has 17 heavy (non-hydrogen) atoms. The molecule has 4 heteroatoms. The van der Waals surface area contributed by atoms with E-state index in [1.54, 1.807) is 4.90 Å². The number of carbonyl (C=O) groups is 1. The molecule has 3 nitrogen and oxygen atoms in total. The van der Waals surface area contributed by atoms with Crippen molar-refractivity contribution in [1.82, 2.24) is 4.90 Å². The number of fused-ring (bicyclic) bond motifs is 1. The molecular formula is C13H17NO2S. The largest absolute Gasteiger partial charge is 0.494 e. The molecule has 0 atom stereocenters. The number of hydrogen-bond acceptors (Lipinski definition) is 3. The number of nitrogens with zero attached hydrogens (tertiary/aromatic N) is 1. The first-order valence-electron chi connectivity index (χ1n) is 5.72. The van der Waals surface area contributed by atoms with Crippen LogP contribution in [0.1, 0.15) is 22.3 Å². The van der Waals surface area contributed by atoms with Crippen LogP contribution in [-0.4, -0.2) is 36.5 Å².